The molecule has 0 radical (unpaired) electrons. The van der Waals surface area contributed by atoms with Gasteiger partial charge < -0.3 is 19.8 Å². The van der Waals surface area contributed by atoms with E-state index in [1.807, 2.05) is 66.1 Å². The van der Waals surface area contributed by atoms with Crippen molar-refractivity contribution in [3.8, 4) is 23.0 Å². The van der Waals surface area contributed by atoms with Gasteiger partial charge in [0.2, 0.25) is 5.95 Å². The number of anilines is 2. The van der Waals surface area contributed by atoms with Crippen LogP contribution < -0.4 is 15.4 Å². The molecule has 2 N–H and O–H groups in total. The summed E-state index contributed by atoms with van der Waals surface area (Å²) in [5.41, 5.74) is 3.51. The number of rotatable bonds is 9. The van der Waals surface area contributed by atoms with Crippen LogP contribution >= 0.6 is 0 Å². The number of methoxy groups -OCH3 is 1. The van der Waals surface area contributed by atoms with Crippen LogP contribution in [0.15, 0.2) is 77.4 Å². The monoisotopic (exact) mass is 454 g/mol. The van der Waals surface area contributed by atoms with E-state index in [0.29, 0.717) is 47.6 Å². The third-order valence-electron chi connectivity index (χ3n) is 5.46. The molecule has 0 aliphatic heterocycles. The Morgan fingerprint density at radius 2 is 1.74 bits per heavy atom. The lowest BCUT2D eigenvalue weighted by atomic mass is 10.1. The van der Waals surface area contributed by atoms with E-state index in [4.69, 9.17) is 24.1 Å². The van der Waals surface area contributed by atoms with Crippen LogP contribution in [0.4, 0.5) is 11.8 Å². The van der Waals surface area contributed by atoms with Crippen molar-refractivity contribution in [1.29, 1.82) is 0 Å². The lowest BCUT2D eigenvalue weighted by Crippen LogP contribution is -2.11. The number of nitrogens with zero attached hydrogens (tertiary/aromatic N) is 4. The molecule has 0 unspecified atom stereocenters. The summed E-state index contributed by atoms with van der Waals surface area (Å²) in [6, 6.07) is 21.9. The predicted molar refractivity (Wildman–Crippen MR) is 134 cm³/mol. The van der Waals surface area contributed by atoms with E-state index < -0.39 is 0 Å². The Kier molecular flexibility index (Phi) is 6.11. The number of hydrogen-bond donors (Lipinski definition) is 2. The molecule has 0 fully saturated rings. The summed E-state index contributed by atoms with van der Waals surface area (Å²) >= 11 is 0. The van der Waals surface area contributed by atoms with Gasteiger partial charge in [0.05, 0.1) is 13.4 Å². The van der Waals surface area contributed by atoms with Crippen molar-refractivity contribution in [3.63, 3.8) is 0 Å². The van der Waals surface area contributed by atoms with E-state index in [0.717, 1.165) is 17.9 Å². The second-order valence-electron chi connectivity index (χ2n) is 7.71. The van der Waals surface area contributed by atoms with Crippen LogP contribution in [0.1, 0.15) is 12.5 Å². The molecule has 5 rings (SSSR count). The van der Waals surface area contributed by atoms with Crippen molar-refractivity contribution in [2.45, 2.75) is 13.3 Å². The molecule has 2 aromatic carbocycles. The van der Waals surface area contributed by atoms with E-state index >= 15 is 0 Å². The van der Waals surface area contributed by atoms with Gasteiger partial charge in [-0.05, 0) is 55.3 Å². The molecule has 3 heterocycles. The van der Waals surface area contributed by atoms with Crippen LogP contribution in [0, 0.1) is 0 Å². The third-order valence-corrected chi connectivity index (χ3v) is 5.46. The summed E-state index contributed by atoms with van der Waals surface area (Å²) in [6.45, 7) is 3.45. The molecule has 3 aromatic heterocycles. The SMILES string of the molecule is CCNc1nc(NCCc2ccccc2)nc2c1nc(-c1ccco1)n2-c1ccc(OC)cc1. The van der Waals surface area contributed by atoms with Crippen LogP contribution in [0.5, 0.6) is 5.75 Å². The Bertz CT molecular complexity index is 1360. The summed E-state index contributed by atoms with van der Waals surface area (Å²) < 4.78 is 13.0. The number of nitrogens with one attached hydrogen (secondary N) is 2. The molecule has 0 bridgehead atoms. The maximum absolute atomic E-state index is 5.71. The largest absolute Gasteiger partial charge is 0.497 e. The van der Waals surface area contributed by atoms with Gasteiger partial charge >= 0.3 is 0 Å². The molecule has 0 saturated heterocycles. The number of hydrogen-bond acceptors (Lipinski definition) is 7. The zero-order chi connectivity index (χ0) is 23.3. The molecule has 8 nitrogen and oxygen atoms in total. The highest BCUT2D eigenvalue weighted by atomic mass is 16.5. The Morgan fingerprint density at radius 1 is 0.912 bits per heavy atom. The number of furan rings is 1. The van der Waals surface area contributed by atoms with Crippen molar-refractivity contribution in [2.75, 3.05) is 30.8 Å². The molecular weight excluding hydrogens is 428 g/mol. The van der Waals surface area contributed by atoms with E-state index in [9.17, 15) is 0 Å². The molecule has 0 aliphatic rings. The summed E-state index contributed by atoms with van der Waals surface area (Å²) in [5.74, 6) is 3.30. The van der Waals surface area contributed by atoms with Crippen molar-refractivity contribution >= 4 is 22.9 Å². The molecule has 34 heavy (non-hydrogen) atoms. The second kappa shape index (κ2) is 9.66. The average Bonchev–Trinajstić information content (AvgIpc) is 3.53. The minimum atomic E-state index is 0.542. The number of fused-ring (bicyclic) bond motifs is 1. The molecule has 8 heteroatoms. The summed E-state index contributed by atoms with van der Waals surface area (Å²) in [7, 11) is 1.65. The van der Waals surface area contributed by atoms with Gasteiger partial charge in [-0.2, -0.15) is 9.97 Å². The van der Waals surface area contributed by atoms with Gasteiger partial charge in [0.25, 0.3) is 0 Å². The fourth-order valence-corrected chi connectivity index (χ4v) is 3.84. The van der Waals surface area contributed by atoms with Gasteiger partial charge in [0.1, 0.15) is 5.75 Å². The van der Waals surface area contributed by atoms with Crippen LogP contribution in [-0.2, 0) is 6.42 Å². The smallest absolute Gasteiger partial charge is 0.226 e. The Labute approximate surface area is 197 Å². The number of benzene rings is 2. The Morgan fingerprint density at radius 3 is 2.44 bits per heavy atom. The maximum atomic E-state index is 5.71. The molecule has 0 aliphatic carbocycles. The van der Waals surface area contributed by atoms with Crippen LogP contribution in [0.2, 0.25) is 0 Å². The van der Waals surface area contributed by atoms with Crippen LogP contribution in [0.3, 0.4) is 0 Å². The molecule has 5 aromatic rings. The quantitative estimate of drug-likeness (QED) is 0.317. The van der Waals surface area contributed by atoms with E-state index in [2.05, 4.69) is 22.8 Å². The number of imidazole rings is 1. The van der Waals surface area contributed by atoms with Crippen molar-refractivity contribution in [3.05, 3.63) is 78.6 Å². The van der Waals surface area contributed by atoms with E-state index in [1.54, 1.807) is 13.4 Å². The Balaban J connectivity index is 1.60. The van der Waals surface area contributed by atoms with Gasteiger partial charge in [-0.1, -0.05) is 30.3 Å². The number of ether oxygens (including phenoxy) is 1. The number of aromatic nitrogens is 4. The van der Waals surface area contributed by atoms with E-state index in [-0.39, 0.29) is 0 Å². The first-order chi connectivity index (χ1) is 16.8. The maximum Gasteiger partial charge on any atom is 0.226 e. The molecule has 0 atom stereocenters. The average molecular weight is 455 g/mol. The topological polar surface area (TPSA) is 90.0 Å². The van der Waals surface area contributed by atoms with Gasteiger partial charge in [0, 0.05) is 18.8 Å². The molecule has 0 amide bonds. The van der Waals surface area contributed by atoms with Crippen LogP contribution in [-0.4, -0.2) is 39.7 Å². The zero-order valence-corrected chi connectivity index (χ0v) is 19.2. The molecule has 172 valence electrons. The summed E-state index contributed by atoms with van der Waals surface area (Å²) in [5, 5.41) is 6.72. The van der Waals surface area contributed by atoms with Crippen LogP contribution in [0.25, 0.3) is 28.4 Å². The normalized spacial score (nSPS) is 11.0. The third kappa shape index (κ3) is 4.30. The highest BCUT2D eigenvalue weighted by Crippen LogP contribution is 2.32. The minimum absolute atomic E-state index is 0.542. The predicted octanol–water partition coefficient (Wildman–Crippen LogP) is 5.17. The molecule has 0 saturated carbocycles. The first kappa shape index (κ1) is 21.5. The minimum Gasteiger partial charge on any atom is -0.497 e. The second-order valence-corrected chi connectivity index (χ2v) is 7.71. The lowest BCUT2D eigenvalue weighted by molar-refractivity contribution is 0.415. The van der Waals surface area contributed by atoms with Crippen molar-refractivity contribution < 1.29 is 9.15 Å². The van der Waals surface area contributed by atoms with Gasteiger partial charge in [-0.25, -0.2) is 4.98 Å². The van der Waals surface area contributed by atoms with Crippen molar-refractivity contribution in [1.82, 2.24) is 19.5 Å². The first-order valence-corrected chi connectivity index (χ1v) is 11.3. The first-order valence-electron chi connectivity index (χ1n) is 11.3. The van der Waals surface area contributed by atoms with Crippen molar-refractivity contribution in [2.24, 2.45) is 0 Å². The fourth-order valence-electron chi connectivity index (χ4n) is 3.84. The standard InChI is InChI=1S/C26H26N6O2/c1-3-27-23-22-25(31-26(30-23)28-16-15-18-8-5-4-6-9-18)32(19-11-13-20(33-2)14-12-19)24(29-22)21-10-7-17-34-21/h4-14,17H,3,15-16H2,1-2H3,(H2,27,28,30,31). The highest BCUT2D eigenvalue weighted by molar-refractivity contribution is 5.89. The van der Waals surface area contributed by atoms with Gasteiger partial charge in [-0.15, -0.1) is 0 Å². The highest BCUT2D eigenvalue weighted by Gasteiger charge is 2.21. The lowest BCUT2D eigenvalue weighted by Gasteiger charge is -2.11. The summed E-state index contributed by atoms with van der Waals surface area (Å²) in [4.78, 5) is 14.5. The van der Waals surface area contributed by atoms with E-state index in [1.165, 1.54) is 5.56 Å². The fraction of sp³-hybridized carbons (Fsp3) is 0.192. The summed E-state index contributed by atoms with van der Waals surface area (Å²) in [6.07, 6.45) is 2.51. The van der Waals surface area contributed by atoms with Gasteiger partial charge in [-0.3, -0.25) is 4.57 Å². The molecular formula is C26H26N6O2. The molecule has 0 spiro atoms. The van der Waals surface area contributed by atoms with Gasteiger partial charge in [0.15, 0.2) is 28.6 Å². The zero-order valence-electron chi connectivity index (χ0n) is 19.2. The Hall–Kier alpha value is -4.33.